The number of carbonyl (C=O) groups is 3. The highest BCUT2D eigenvalue weighted by Crippen LogP contribution is 2.12. The molecule has 0 aliphatic carbocycles. The molecule has 0 aliphatic heterocycles. The van der Waals surface area contributed by atoms with Gasteiger partial charge in [0.05, 0.1) is 12.2 Å². The SMILES string of the molecule is CCOC(=O)c1ccc(OCC(=O)NC(=O)NCC(C)C)cc1. The maximum absolute atomic E-state index is 11.6. The van der Waals surface area contributed by atoms with E-state index in [-0.39, 0.29) is 6.61 Å². The molecule has 0 aliphatic rings. The number of ether oxygens (including phenoxy) is 2. The van der Waals surface area contributed by atoms with Crippen LogP contribution in [0.3, 0.4) is 0 Å². The van der Waals surface area contributed by atoms with Crippen LogP contribution in [0.5, 0.6) is 5.75 Å². The van der Waals surface area contributed by atoms with Gasteiger partial charge in [0.15, 0.2) is 6.61 Å². The molecular weight excluding hydrogens is 300 g/mol. The Kier molecular flexibility index (Phi) is 7.59. The van der Waals surface area contributed by atoms with Crippen molar-refractivity contribution in [3.63, 3.8) is 0 Å². The normalized spacial score (nSPS) is 10.1. The summed E-state index contributed by atoms with van der Waals surface area (Å²) < 4.78 is 10.1. The van der Waals surface area contributed by atoms with Crippen molar-refractivity contribution in [2.24, 2.45) is 5.92 Å². The minimum absolute atomic E-state index is 0.296. The van der Waals surface area contributed by atoms with E-state index in [2.05, 4.69) is 10.6 Å². The number of carbonyl (C=O) groups excluding carboxylic acids is 3. The van der Waals surface area contributed by atoms with E-state index in [0.717, 1.165) is 0 Å². The van der Waals surface area contributed by atoms with Crippen molar-refractivity contribution in [3.8, 4) is 5.75 Å². The molecule has 23 heavy (non-hydrogen) atoms. The Bertz CT molecular complexity index is 540. The summed E-state index contributed by atoms with van der Waals surface area (Å²) in [4.78, 5) is 34.4. The number of rotatable bonds is 7. The smallest absolute Gasteiger partial charge is 0.338 e. The van der Waals surface area contributed by atoms with Gasteiger partial charge in [-0.1, -0.05) is 13.8 Å². The molecule has 0 saturated carbocycles. The van der Waals surface area contributed by atoms with Crippen LogP contribution in [0, 0.1) is 5.92 Å². The third-order valence-corrected chi connectivity index (χ3v) is 2.66. The molecule has 0 heterocycles. The lowest BCUT2D eigenvalue weighted by Crippen LogP contribution is -2.42. The molecule has 0 saturated heterocycles. The summed E-state index contributed by atoms with van der Waals surface area (Å²) in [5.74, 6) is -0.264. The quantitative estimate of drug-likeness (QED) is 0.746. The Morgan fingerprint density at radius 1 is 1.13 bits per heavy atom. The zero-order valence-corrected chi connectivity index (χ0v) is 13.5. The van der Waals surface area contributed by atoms with Crippen LogP contribution in [0.15, 0.2) is 24.3 Å². The van der Waals surface area contributed by atoms with E-state index in [1.807, 2.05) is 13.8 Å². The number of imide groups is 1. The number of hydrogen-bond donors (Lipinski definition) is 2. The van der Waals surface area contributed by atoms with Gasteiger partial charge in [0.2, 0.25) is 0 Å². The number of benzene rings is 1. The first-order chi connectivity index (χ1) is 10.9. The molecule has 1 aromatic rings. The largest absolute Gasteiger partial charge is 0.484 e. The topological polar surface area (TPSA) is 93.7 Å². The number of nitrogens with one attached hydrogen (secondary N) is 2. The lowest BCUT2D eigenvalue weighted by Gasteiger charge is -2.09. The Morgan fingerprint density at radius 2 is 1.78 bits per heavy atom. The molecule has 0 unspecified atom stereocenters. The molecule has 0 fully saturated rings. The molecule has 0 radical (unpaired) electrons. The number of amides is 3. The lowest BCUT2D eigenvalue weighted by molar-refractivity contribution is -0.122. The van der Waals surface area contributed by atoms with E-state index in [4.69, 9.17) is 9.47 Å². The van der Waals surface area contributed by atoms with Crippen molar-refractivity contribution in [3.05, 3.63) is 29.8 Å². The predicted molar refractivity (Wildman–Crippen MR) is 84.3 cm³/mol. The van der Waals surface area contributed by atoms with E-state index >= 15 is 0 Å². The van der Waals surface area contributed by atoms with Crippen LogP contribution in [0.2, 0.25) is 0 Å². The first-order valence-electron chi connectivity index (χ1n) is 7.40. The Balaban J connectivity index is 2.38. The zero-order chi connectivity index (χ0) is 17.2. The van der Waals surface area contributed by atoms with E-state index in [9.17, 15) is 14.4 Å². The molecule has 0 aromatic heterocycles. The van der Waals surface area contributed by atoms with Crippen molar-refractivity contribution >= 4 is 17.9 Å². The Hall–Kier alpha value is -2.57. The second-order valence-corrected chi connectivity index (χ2v) is 5.19. The Labute approximate surface area is 135 Å². The van der Waals surface area contributed by atoms with Gasteiger partial charge in [-0.25, -0.2) is 9.59 Å². The van der Waals surface area contributed by atoms with Crippen LogP contribution >= 0.6 is 0 Å². The molecule has 126 valence electrons. The molecule has 1 aromatic carbocycles. The van der Waals surface area contributed by atoms with Gasteiger partial charge in [-0.05, 0) is 37.1 Å². The molecule has 1 rings (SSSR count). The molecule has 3 amide bonds. The Morgan fingerprint density at radius 3 is 2.35 bits per heavy atom. The van der Waals surface area contributed by atoms with Gasteiger partial charge in [0, 0.05) is 6.54 Å². The summed E-state index contributed by atoms with van der Waals surface area (Å²) >= 11 is 0. The third kappa shape index (κ3) is 7.30. The summed E-state index contributed by atoms with van der Waals surface area (Å²) in [5, 5.41) is 4.73. The van der Waals surface area contributed by atoms with E-state index in [1.165, 1.54) is 0 Å². The highest BCUT2D eigenvalue weighted by molar-refractivity contribution is 5.95. The fourth-order valence-corrected chi connectivity index (χ4v) is 1.55. The van der Waals surface area contributed by atoms with Gasteiger partial charge in [-0.3, -0.25) is 10.1 Å². The maximum Gasteiger partial charge on any atom is 0.338 e. The van der Waals surface area contributed by atoms with Gasteiger partial charge in [-0.15, -0.1) is 0 Å². The molecule has 0 atom stereocenters. The summed E-state index contributed by atoms with van der Waals surface area (Å²) in [6.45, 7) is 6.11. The van der Waals surface area contributed by atoms with E-state index < -0.39 is 17.9 Å². The monoisotopic (exact) mass is 322 g/mol. The number of esters is 1. The molecule has 0 spiro atoms. The molecule has 0 bridgehead atoms. The molecular formula is C16H22N2O5. The van der Waals surface area contributed by atoms with E-state index in [1.54, 1.807) is 31.2 Å². The molecule has 7 nitrogen and oxygen atoms in total. The predicted octanol–water partition coefficient (Wildman–Crippen LogP) is 1.72. The van der Waals surface area contributed by atoms with Crippen LogP contribution in [0.1, 0.15) is 31.1 Å². The molecule has 7 heteroatoms. The number of hydrogen-bond acceptors (Lipinski definition) is 5. The van der Waals surface area contributed by atoms with Crippen LogP contribution < -0.4 is 15.4 Å². The molecule has 2 N–H and O–H groups in total. The number of urea groups is 1. The first kappa shape index (κ1) is 18.5. The summed E-state index contributed by atoms with van der Waals surface area (Å²) in [6.07, 6.45) is 0. The van der Waals surface area contributed by atoms with Crippen molar-refractivity contribution in [2.75, 3.05) is 19.8 Å². The van der Waals surface area contributed by atoms with Crippen molar-refractivity contribution in [1.29, 1.82) is 0 Å². The van der Waals surface area contributed by atoms with Gasteiger partial charge < -0.3 is 14.8 Å². The highest BCUT2D eigenvalue weighted by atomic mass is 16.5. The maximum atomic E-state index is 11.6. The average molecular weight is 322 g/mol. The second kappa shape index (κ2) is 9.45. The third-order valence-electron chi connectivity index (χ3n) is 2.66. The first-order valence-corrected chi connectivity index (χ1v) is 7.40. The van der Waals surface area contributed by atoms with Gasteiger partial charge in [0.25, 0.3) is 5.91 Å². The second-order valence-electron chi connectivity index (χ2n) is 5.19. The average Bonchev–Trinajstić information content (AvgIpc) is 2.51. The van der Waals surface area contributed by atoms with Crippen LogP contribution in [0.4, 0.5) is 4.79 Å². The van der Waals surface area contributed by atoms with Crippen LogP contribution in [-0.2, 0) is 9.53 Å². The van der Waals surface area contributed by atoms with Crippen LogP contribution in [-0.4, -0.2) is 37.7 Å². The summed E-state index contributed by atoms with van der Waals surface area (Å²) in [6, 6.07) is 5.64. The summed E-state index contributed by atoms with van der Waals surface area (Å²) in [7, 11) is 0. The van der Waals surface area contributed by atoms with Gasteiger partial charge in [-0.2, -0.15) is 0 Å². The standard InChI is InChI=1S/C16H22N2O5/c1-4-22-15(20)12-5-7-13(8-6-12)23-10-14(19)18-16(21)17-9-11(2)3/h5-8,11H,4,9-10H2,1-3H3,(H2,17,18,19,21). The minimum atomic E-state index is -0.555. The van der Waals surface area contributed by atoms with Crippen LogP contribution in [0.25, 0.3) is 0 Å². The zero-order valence-electron chi connectivity index (χ0n) is 13.5. The highest BCUT2D eigenvalue weighted by Gasteiger charge is 2.10. The van der Waals surface area contributed by atoms with Gasteiger partial charge >= 0.3 is 12.0 Å². The minimum Gasteiger partial charge on any atom is -0.484 e. The lowest BCUT2D eigenvalue weighted by atomic mass is 10.2. The van der Waals surface area contributed by atoms with Crippen molar-refractivity contribution in [1.82, 2.24) is 10.6 Å². The summed E-state index contributed by atoms with van der Waals surface area (Å²) in [5.41, 5.74) is 0.400. The van der Waals surface area contributed by atoms with Crippen molar-refractivity contribution in [2.45, 2.75) is 20.8 Å². The fourth-order valence-electron chi connectivity index (χ4n) is 1.55. The van der Waals surface area contributed by atoms with E-state index in [0.29, 0.717) is 30.4 Å². The fraction of sp³-hybridized carbons (Fsp3) is 0.438. The van der Waals surface area contributed by atoms with Gasteiger partial charge in [0.1, 0.15) is 5.75 Å². The van der Waals surface area contributed by atoms with Crippen molar-refractivity contribution < 1.29 is 23.9 Å².